The number of hydrogen-bond donors (Lipinski definition) is 2. The standard InChI is InChI=1S/C22H21N3O2/c1-14-7-10-17(11-8-14)23-21(26)19-5-4-6-20(24-19)22(27)25-18-12-9-15(2)13-16(18)3/h4-13H,1-3H3,(H,23,26)(H,25,27). The smallest absolute Gasteiger partial charge is 0.274 e. The quantitative estimate of drug-likeness (QED) is 0.720. The van der Waals surface area contributed by atoms with E-state index in [4.69, 9.17) is 0 Å². The summed E-state index contributed by atoms with van der Waals surface area (Å²) in [6, 6.07) is 18.1. The van der Waals surface area contributed by atoms with Crippen LogP contribution in [-0.4, -0.2) is 16.8 Å². The minimum Gasteiger partial charge on any atom is -0.321 e. The van der Waals surface area contributed by atoms with Gasteiger partial charge in [-0.2, -0.15) is 0 Å². The van der Waals surface area contributed by atoms with Crippen molar-refractivity contribution in [2.24, 2.45) is 0 Å². The number of amides is 2. The summed E-state index contributed by atoms with van der Waals surface area (Å²) in [4.78, 5) is 29.1. The highest BCUT2D eigenvalue weighted by Crippen LogP contribution is 2.17. The number of carbonyl (C=O) groups is 2. The van der Waals surface area contributed by atoms with Crippen LogP contribution in [0.3, 0.4) is 0 Å². The minimum atomic E-state index is -0.361. The molecule has 0 aliphatic carbocycles. The lowest BCUT2D eigenvalue weighted by Crippen LogP contribution is -2.18. The van der Waals surface area contributed by atoms with Gasteiger partial charge in [-0.1, -0.05) is 41.5 Å². The third-order valence-electron chi connectivity index (χ3n) is 4.15. The van der Waals surface area contributed by atoms with Crippen LogP contribution in [0.5, 0.6) is 0 Å². The number of hydrogen-bond acceptors (Lipinski definition) is 3. The van der Waals surface area contributed by atoms with Crippen LogP contribution in [0.15, 0.2) is 60.7 Å². The lowest BCUT2D eigenvalue weighted by molar-refractivity contribution is 0.101. The zero-order valence-electron chi connectivity index (χ0n) is 15.5. The summed E-state index contributed by atoms with van der Waals surface area (Å²) in [5, 5.41) is 5.63. The van der Waals surface area contributed by atoms with Crippen LogP contribution in [0.25, 0.3) is 0 Å². The summed E-state index contributed by atoms with van der Waals surface area (Å²) in [7, 11) is 0. The van der Waals surface area contributed by atoms with Crippen molar-refractivity contribution in [1.29, 1.82) is 0 Å². The average molecular weight is 359 g/mol. The molecule has 0 unspecified atom stereocenters. The van der Waals surface area contributed by atoms with Crippen molar-refractivity contribution in [3.05, 3.63) is 88.7 Å². The first kappa shape index (κ1) is 18.3. The van der Waals surface area contributed by atoms with E-state index in [-0.39, 0.29) is 23.2 Å². The third kappa shape index (κ3) is 4.58. The topological polar surface area (TPSA) is 71.1 Å². The Morgan fingerprint density at radius 1 is 0.741 bits per heavy atom. The molecule has 3 rings (SSSR count). The normalized spacial score (nSPS) is 10.3. The molecule has 0 aliphatic heterocycles. The van der Waals surface area contributed by atoms with Gasteiger partial charge in [0.2, 0.25) is 0 Å². The van der Waals surface area contributed by atoms with Gasteiger partial charge in [0.1, 0.15) is 11.4 Å². The molecule has 2 amide bonds. The first-order chi connectivity index (χ1) is 12.9. The van der Waals surface area contributed by atoms with Gasteiger partial charge in [-0.15, -0.1) is 0 Å². The summed E-state index contributed by atoms with van der Waals surface area (Å²) in [5.41, 5.74) is 4.97. The van der Waals surface area contributed by atoms with Crippen LogP contribution in [-0.2, 0) is 0 Å². The summed E-state index contributed by atoms with van der Waals surface area (Å²) in [6.45, 7) is 5.91. The maximum Gasteiger partial charge on any atom is 0.274 e. The van der Waals surface area contributed by atoms with Gasteiger partial charge in [0.05, 0.1) is 0 Å². The zero-order chi connectivity index (χ0) is 19.4. The number of aromatic nitrogens is 1. The van der Waals surface area contributed by atoms with Gasteiger partial charge >= 0.3 is 0 Å². The molecule has 5 nitrogen and oxygen atoms in total. The fourth-order valence-corrected chi connectivity index (χ4v) is 2.66. The summed E-state index contributed by atoms with van der Waals surface area (Å²) < 4.78 is 0. The Balaban J connectivity index is 1.75. The predicted octanol–water partition coefficient (Wildman–Crippen LogP) is 4.51. The maximum atomic E-state index is 12.5. The van der Waals surface area contributed by atoms with E-state index in [1.54, 1.807) is 18.2 Å². The highest BCUT2D eigenvalue weighted by atomic mass is 16.2. The van der Waals surface area contributed by atoms with Crippen LogP contribution >= 0.6 is 0 Å². The molecule has 5 heteroatoms. The van der Waals surface area contributed by atoms with E-state index < -0.39 is 0 Å². The number of anilines is 2. The zero-order valence-corrected chi connectivity index (χ0v) is 15.5. The van der Waals surface area contributed by atoms with Crippen molar-refractivity contribution in [2.45, 2.75) is 20.8 Å². The van der Waals surface area contributed by atoms with Crippen molar-refractivity contribution >= 4 is 23.2 Å². The number of aryl methyl sites for hydroxylation is 3. The number of rotatable bonds is 4. The molecule has 0 atom stereocenters. The monoisotopic (exact) mass is 359 g/mol. The van der Waals surface area contributed by atoms with Crippen molar-refractivity contribution in [1.82, 2.24) is 4.98 Å². The molecule has 136 valence electrons. The largest absolute Gasteiger partial charge is 0.321 e. The van der Waals surface area contributed by atoms with E-state index >= 15 is 0 Å². The molecule has 2 aromatic carbocycles. The van der Waals surface area contributed by atoms with Crippen LogP contribution in [0.4, 0.5) is 11.4 Å². The van der Waals surface area contributed by atoms with Gasteiger partial charge in [-0.05, 0) is 56.7 Å². The summed E-state index contributed by atoms with van der Waals surface area (Å²) in [6.07, 6.45) is 0. The molecule has 0 bridgehead atoms. The molecule has 27 heavy (non-hydrogen) atoms. The molecule has 2 N–H and O–H groups in total. The number of pyridine rings is 1. The Morgan fingerprint density at radius 2 is 1.33 bits per heavy atom. The summed E-state index contributed by atoms with van der Waals surface area (Å²) >= 11 is 0. The molecule has 0 spiro atoms. The molecule has 0 saturated carbocycles. The second-order valence-electron chi connectivity index (χ2n) is 6.50. The Labute approximate surface area is 158 Å². The van der Waals surface area contributed by atoms with Gasteiger partial charge in [0.25, 0.3) is 11.8 Å². The average Bonchev–Trinajstić information content (AvgIpc) is 2.66. The van der Waals surface area contributed by atoms with E-state index in [2.05, 4.69) is 15.6 Å². The van der Waals surface area contributed by atoms with E-state index in [1.165, 1.54) is 0 Å². The van der Waals surface area contributed by atoms with E-state index in [0.717, 1.165) is 22.4 Å². The number of nitrogens with zero attached hydrogens (tertiary/aromatic N) is 1. The second kappa shape index (κ2) is 7.83. The molecule has 1 aromatic heterocycles. The molecule has 0 saturated heterocycles. The van der Waals surface area contributed by atoms with E-state index in [1.807, 2.05) is 63.2 Å². The molecular weight excluding hydrogens is 338 g/mol. The molecule has 0 fully saturated rings. The molecule has 0 aliphatic rings. The Hall–Kier alpha value is -3.47. The highest BCUT2D eigenvalue weighted by molar-refractivity contribution is 6.06. The van der Waals surface area contributed by atoms with Gasteiger partial charge < -0.3 is 10.6 Å². The Kier molecular flexibility index (Phi) is 5.31. The van der Waals surface area contributed by atoms with Crippen LogP contribution in [0, 0.1) is 20.8 Å². The fourth-order valence-electron chi connectivity index (χ4n) is 2.66. The van der Waals surface area contributed by atoms with E-state index in [9.17, 15) is 9.59 Å². The first-order valence-electron chi connectivity index (χ1n) is 8.66. The molecule has 3 aromatic rings. The van der Waals surface area contributed by atoms with Gasteiger partial charge in [0, 0.05) is 11.4 Å². The lowest BCUT2D eigenvalue weighted by atomic mass is 10.1. The van der Waals surface area contributed by atoms with Crippen LogP contribution < -0.4 is 10.6 Å². The maximum absolute atomic E-state index is 12.5. The van der Waals surface area contributed by atoms with Gasteiger partial charge in [0.15, 0.2) is 0 Å². The van der Waals surface area contributed by atoms with E-state index in [0.29, 0.717) is 5.69 Å². The minimum absolute atomic E-state index is 0.184. The first-order valence-corrected chi connectivity index (χ1v) is 8.66. The number of carbonyl (C=O) groups excluding carboxylic acids is 2. The van der Waals surface area contributed by atoms with Crippen molar-refractivity contribution in [2.75, 3.05) is 10.6 Å². The molecule has 1 heterocycles. The highest BCUT2D eigenvalue weighted by Gasteiger charge is 2.13. The Bertz CT molecular complexity index is 995. The second-order valence-corrected chi connectivity index (χ2v) is 6.50. The van der Waals surface area contributed by atoms with Crippen LogP contribution in [0.2, 0.25) is 0 Å². The van der Waals surface area contributed by atoms with Crippen molar-refractivity contribution in [3.8, 4) is 0 Å². The van der Waals surface area contributed by atoms with Crippen LogP contribution in [0.1, 0.15) is 37.7 Å². The molecule has 0 radical (unpaired) electrons. The lowest BCUT2D eigenvalue weighted by Gasteiger charge is -2.10. The van der Waals surface area contributed by atoms with Crippen molar-refractivity contribution < 1.29 is 9.59 Å². The number of nitrogens with one attached hydrogen (secondary N) is 2. The van der Waals surface area contributed by atoms with Gasteiger partial charge in [-0.3, -0.25) is 9.59 Å². The van der Waals surface area contributed by atoms with Crippen molar-refractivity contribution in [3.63, 3.8) is 0 Å². The molecular formula is C22H21N3O2. The predicted molar refractivity (Wildman–Crippen MR) is 107 cm³/mol. The SMILES string of the molecule is Cc1ccc(NC(=O)c2cccc(C(=O)Nc3ccc(C)cc3C)n2)cc1. The fraction of sp³-hybridized carbons (Fsp3) is 0.136. The van der Waals surface area contributed by atoms with Gasteiger partial charge in [-0.25, -0.2) is 4.98 Å². The third-order valence-corrected chi connectivity index (χ3v) is 4.15. The Morgan fingerprint density at radius 3 is 1.96 bits per heavy atom. The summed E-state index contributed by atoms with van der Waals surface area (Å²) in [5.74, 6) is -0.716. The number of benzene rings is 2.